The average molecular weight is 334 g/mol. The number of rotatable bonds is 2. The summed E-state index contributed by atoms with van der Waals surface area (Å²) < 4.78 is 33.8. The largest absolute Gasteiger partial charge is 0.486 e. The highest BCUT2D eigenvalue weighted by Gasteiger charge is 2.27. The van der Waals surface area contributed by atoms with Crippen molar-refractivity contribution in [1.82, 2.24) is 5.32 Å². The third-order valence-corrected chi connectivity index (χ3v) is 3.96. The fourth-order valence-corrected chi connectivity index (χ4v) is 2.62. The number of amides is 1. The van der Waals surface area contributed by atoms with E-state index in [-0.39, 0.29) is 35.2 Å². The van der Waals surface area contributed by atoms with Gasteiger partial charge < -0.3 is 14.8 Å². The molecule has 1 amide bonds. The number of benzene rings is 1. The minimum absolute atomic E-state index is 0.0846. The first-order valence-electron chi connectivity index (χ1n) is 6.29. The summed E-state index contributed by atoms with van der Waals surface area (Å²) >= 11 is 0. The Morgan fingerprint density at radius 3 is 2.43 bits per heavy atom. The van der Waals surface area contributed by atoms with Gasteiger partial charge in [0, 0.05) is 22.3 Å². The van der Waals surface area contributed by atoms with Crippen LogP contribution in [0.15, 0.2) is 17.0 Å². The molecule has 1 aromatic rings. The van der Waals surface area contributed by atoms with Gasteiger partial charge in [-0.3, -0.25) is 4.79 Å². The van der Waals surface area contributed by atoms with Gasteiger partial charge in [-0.2, -0.15) is 0 Å². The van der Waals surface area contributed by atoms with Crippen molar-refractivity contribution in [3.63, 3.8) is 0 Å². The Morgan fingerprint density at radius 1 is 1.24 bits per heavy atom. The molecular formula is C13H16ClNO5S. The van der Waals surface area contributed by atoms with E-state index in [9.17, 15) is 13.2 Å². The van der Waals surface area contributed by atoms with Gasteiger partial charge in [0.2, 0.25) is 0 Å². The van der Waals surface area contributed by atoms with E-state index < -0.39 is 20.5 Å². The summed E-state index contributed by atoms with van der Waals surface area (Å²) in [6.45, 7) is 6.01. The van der Waals surface area contributed by atoms with Gasteiger partial charge in [-0.1, -0.05) is 0 Å². The van der Waals surface area contributed by atoms with E-state index in [1.165, 1.54) is 12.1 Å². The number of nitrogens with one attached hydrogen (secondary N) is 1. The number of fused-ring (bicyclic) bond motifs is 1. The van der Waals surface area contributed by atoms with Gasteiger partial charge in [-0.15, -0.1) is 0 Å². The number of hydrogen-bond acceptors (Lipinski definition) is 5. The molecule has 21 heavy (non-hydrogen) atoms. The highest BCUT2D eigenvalue weighted by Crippen LogP contribution is 2.37. The van der Waals surface area contributed by atoms with E-state index in [0.29, 0.717) is 0 Å². The molecule has 0 atom stereocenters. The fourth-order valence-electron chi connectivity index (χ4n) is 1.85. The van der Waals surface area contributed by atoms with Crippen LogP contribution in [0.1, 0.15) is 31.1 Å². The predicted molar refractivity (Wildman–Crippen MR) is 77.7 cm³/mol. The van der Waals surface area contributed by atoms with Crippen LogP contribution in [0.25, 0.3) is 0 Å². The zero-order valence-corrected chi connectivity index (χ0v) is 13.5. The van der Waals surface area contributed by atoms with Crippen LogP contribution in [0, 0.1) is 0 Å². The minimum Gasteiger partial charge on any atom is -0.486 e. The van der Waals surface area contributed by atoms with Crippen LogP contribution in [-0.2, 0) is 9.05 Å². The smallest absolute Gasteiger partial charge is 0.261 e. The molecule has 1 heterocycles. The van der Waals surface area contributed by atoms with Gasteiger partial charge in [0.15, 0.2) is 11.5 Å². The van der Waals surface area contributed by atoms with Crippen LogP contribution in [0.2, 0.25) is 0 Å². The molecule has 0 spiro atoms. The van der Waals surface area contributed by atoms with Crippen molar-refractivity contribution in [3.8, 4) is 11.5 Å². The Labute approximate surface area is 127 Å². The first-order chi connectivity index (χ1) is 9.58. The molecule has 0 aromatic heterocycles. The third-order valence-electron chi connectivity index (χ3n) is 2.63. The second kappa shape index (κ2) is 5.38. The molecule has 1 aromatic carbocycles. The van der Waals surface area contributed by atoms with E-state index in [2.05, 4.69) is 5.32 Å². The van der Waals surface area contributed by atoms with Crippen molar-refractivity contribution in [2.75, 3.05) is 13.2 Å². The Morgan fingerprint density at radius 2 is 1.86 bits per heavy atom. The zero-order chi connectivity index (χ0) is 15.8. The maximum Gasteiger partial charge on any atom is 0.261 e. The monoisotopic (exact) mass is 333 g/mol. The number of ether oxygens (including phenoxy) is 2. The standard InChI is InChI=1S/C13H16ClNO5S/c1-13(2,3)15-12(16)9-6-8(21(14,17)18)7-10-11(9)20-5-4-19-10/h6-7H,4-5H2,1-3H3,(H,15,16). The van der Waals surface area contributed by atoms with Crippen LogP contribution in [-0.4, -0.2) is 33.1 Å². The molecule has 0 saturated carbocycles. The van der Waals surface area contributed by atoms with Crippen molar-refractivity contribution < 1.29 is 22.7 Å². The molecule has 0 bridgehead atoms. The van der Waals surface area contributed by atoms with Crippen LogP contribution < -0.4 is 14.8 Å². The third kappa shape index (κ3) is 3.79. The maximum atomic E-state index is 12.3. The van der Waals surface area contributed by atoms with E-state index in [1.54, 1.807) is 0 Å². The van der Waals surface area contributed by atoms with Crippen molar-refractivity contribution in [3.05, 3.63) is 17.7 Å². The van der Waals surface area contributed by atoms with Crippen LogP contribution in [0.4, 0.5) is 0 Å². The number of halogens is 1. The topological polar surface area (TPSA) is 81.7 Å². The second-order valence-electron chi connectivity index (χ2n) is 5.64. The summed E-state index contributed by atoms with van der Waals surface area (Å²) in [7, 11) is 1.38. The number of carbonyl (C=O) groups is 1. The SMILES string of the molecule is CC(C)(C)NC(=O)c1cc(S(=O)(=O)Cl)cc2c1OCCO2. The molecule has 116 valence electrons. The Bertz CT molecular complexity index is 679. The molecule has 8 heteroatoms. The Kier molecular flexibility index (Phi) is 4.08. The fraction of sp³-hybridized carbons (Fsp3) is 0.462. The predicted octanol–water partition coefficient (Wildman–Crippen LogP) is 1.91. The van der Waals surface area contributed by atoms with Crippen molar-refractivity contribution in [2.45, 2.75) is 31.2 Å². The van der Waals surface area contributed by atoms with E-state index in [4.69, 9.17) is 20.2 Å². The zero-order valence-electron chi connectivity index (χ0n) is 11.9. The first kappa shape index (κ1) is 15.9. The molecule has 2 rings (SSSR count). The lowest BCUT2D eigenvalue weighted by atomic mass is 10.1. The summed E-state index contributed by atoms with van der Waals surface area (Å²) in [4.78, 5) is 12.1. The van der Waals surface area contributed by atoms with E-state index >= 15 is 0 Å². The summed E-state index contributed by atoms with van der Waals surface area (Å²) in [6.07, 6.45) is 0. The molecule has 0 fully saturated rings. The van der Waals surface area contributed by atoms with Gasteiger partial charge in [0.25, 0.3) is 15.0 Å². The van der Waals surface area contributed by atoms with Crippen LogP contribution in [0.3, 0.4) is 0 Å². The Balaban J connectivity index is 2.55. The number of carbonyl (C=O) groups excluding carboxylic acids is 1. The molecular weight excluding hydrogens is 318 g/mol. The van der Waals surface area contributed by atoms with Crippen LogP contribution in [0.5, 0.6) is 11.5 Å². The Hall–Kier alpha value is -1.47. The minimum atomic E-state index is -3.98. The quantitative estimate of drug-likeness (QED) is 0.836. The summed E-state index contributed by atoms with van der Waals surface area (Å²) in [5, 5.41) is 2.75. The molecule has 0 saturated heterocycles. The average Bonchev–Trinajstić information content (AvgIpc) is 2.34. The van der Waals surface area contributed by atoms with Crippen LogP contribution >= 0.6 is 10.7 Å². The van der Waals surface area contributed by atoms with Gasteiger partial charge in [-0.05, 0) is 26.8 Å². The van der Waals surface area contributed by atoms with Gasteiger partial charge in [0.1, 0.15) is 13.2 Å². The van der Waals surface area contributed by atoms with Crippen molar-refractivity contribution >= 4 is 25.6 Å². The summed E-state index contributed by atoms with van der Waals surface area (Å²) in [5.41, 5.74) is -0.392. The van der Waals surface area contributed by atoms with E-state index in [1.807, 2.05) is 20.8 Å². The van der Waals surface area contributed by atoms with Crippen molar-refractivity contribution in [1.29, 1.82) is 0 Å². The normalized spacial score (nSPS) is 14.7. The van der Waals surface area contributed by atoms with Gasteiger partial charge in [-0.25, -0.2) is 8.42 Å². The lowest BCUT2D eigenvalue weighted by Gasteiger charge is -2.24. The summed E-state index contributed by atoms with van der Waals surface area (Å²) in [5.74, 6) is -0.0273. The highest BCUT2D eigenvalue weighted by atomic mass is 35.7. The lowest BCUT2D eigenvalue weighted by Crippen LogP contribution is -2.41. The van der Waals surface area contributed by atoms with Gasteiger partial charge in [0.05, 0.1) is 10.5 Å². The van der Waals surface area contributed by atoms with Crippen molar-refractivity contribution in [2.24, 2.45) is 0 Å². The van der Waals surface area contributed by atoms with E-state index in [0.717, 1.165) is 0 Å². The molecule has 0 aliphatic carbocycles. The number of hydrogen-bond donors (Lipinski definition) is 1. The summed E-state index contributed by atoms with van der Waals surface area (Å²) in [6, 6.07) is 2.45. The molecule has 1 aliphatic rings. The maximum absolute atomic E-state index is 12.3. The molecule has 6 nitrogen and oxygen atoms in total. The second-order valence-corrected chi connectivity index (χ2v) is 8.20. The first-order valence-corrected chi connectivity index (χ1v) is 8.60. The molecule has 1 aliphatic heterocycles. The lowest BCUT2D eigenvalue weighted by molar-refractivity contribution is 0.0908. The van der Waals surface area contributed by atoms with Gasteiger partial charge >= 0.3 is 0 Å². The molecule has 0 unspecified atom stereocenters. The molecule has 0 radical (unpaired) electrons. The highest BCUT2D eigenvalue weighted by molar-refractivity contribution is 8.13. The molecule has 1 N–H and O–H groups in total.